The largest absolute Gasteiger partial charge is 0.395 e. The molecule has 0 spiro atoms. The minimum Gasteiger partial charge on any atom is -0.395 e. The van der Waals surface area contributed by atoms with Gasteiger partial charge in [0.1, 0.15) is 5.25 Å². The Morgan fingerprint density at radius 2 is 1.80 bits per heavy atom. The van der Waals surface area contributed by atoms with E-state index in [-0.39, 0.29) is 31.3 Å². The van der Waals surface area contributed by atoms with E-state index >= 15 is 0 Å². The van der Waals surface area contributed by atoms with Gasteiger partial charge in [0.05, 0.1) is 18.2 Å². The summed E-state index contributed by atoms with van der Waals surface area (Å²) in [5, 5.41) is 16.4. The molecular formula is C7H16N2O4S2. The molecule has 0 aromatic carbocycles. The number of sulfonamides is 1. The number of aliphatic hydroxyl groups is 2. The highest BCUT2D eigenvalue weighted by Crippen LogP contribution is 2.08. The van der Waals surface area contributed by atoms with Gasteiger partial charge in [-0.05, 0) is 6.92 Å². The van der Waals surface area contributed by atoms with Crippen LogP contribution in [0.3, 0.4) is 0 Å². The molecule has 0 saturated heterocycles. The van der Waals surface area contributed by atoms with Gasteiger partial charge < -0.3 is 15.9 Å². The molecule has 1 unspecified atom stereocenters. The summed E-state index contributed by atoms with van der Waals surface area (Å²) in [4.78, 5) is -0.129. The van der Waals surface area contributed by atoms with E-state index in [0.717, 1.165) is 4.31 Å². The lowest BCUT2D eigenvalue weighted by molar-refractivity contribution is 0.217. The topological polar surface area (TPSA) is 104 Å². The van der Waals surface area contributed by atoms with Crippen LogP contribution in [0.1, 0.15) is 6.92 Å². The van der Waals surface area contributed by atoms with Gasteiger partial charge in [-0.1, -0.05) is 12.2 Å². The molecule has 0 fully saturated rings. The number of rotatable bonds is 7. The van der Waals surface area contributed by atoms with E-state index in [9.17, 15) is 8.42 Å². The fourth-order valence-corrected chi connectivity index (χ4v) is 2.74. The van der Waals surface area contributed by atoms with Gasteiger partial charge in [0.2, 0.25) is 10.0 Å². The van der Waals surface area contributed by atoms with Gasteiger partial charge in [-0.25, -0.2) is 8.42 Å². The Kier molecular flexibility index (Phi) is 6.22. The van der Waals surface area contributed by atoms with Gasteiger partial charge in [0.15, 0.2) is 0 Å². The number of thiocarbonyl (C=S) groups is 1. The molecule has 6 nitrogen and oxygen atoms in total. The highest BCUT2D eigenvalue weighted by atomic mass is 32.2. The highest BCUT2D eigenvalue weighted by molar-refractivity contribution is 7.92. The van der Waals surface area contributed by atoms with Crippen LogP contribution in [-0.2, 0) is 10.0 Å². The van der Waals surface area contributed by atoms with E-state index in [4.69, 9.17) is 15.9 Å². The second-order valence-corrected chi connectivity index (χ2v) is 5.66. The van der Waals surface area contributed by atoms with Gasteiger partial charge in [0.25, 0.3) is 0 Å². The zero-order valence-electron chi connectivity index (χ0n) is 8.46. The molecule has 0 rings (SSSR count). The molecule has 4 N–H and O–H groups in total. The van der Waals surface area contributed by atoms with Crippen LogP contribution < -0.4 is 5.73 Å². The van der Waals surface area contributed by atoms with E-state index in [1.54, 1.807) is 0 Å². The van der Waals surface area contributed by atoms with Crippen LogP contribution in [0.4, 0.5) is 0 Å². The number of aliphatic hydroxyl groups excluding tert-OH is 2. The Morgan fingerprint density at radius 1 is 1.40 bits per heavy atom. The Hall–Kier alpha value is -0.280. The minimum atomic E-state index is -3.68. The number of hydrogen-bond acceptors (Lipinski definition) is 5. The maximum Gasteiger partial charge on any atom is 0.223 e. The summed E-state index contributed by atoms with van der Waals surface area (Å²) in [6, 6.07) is 0. The monoisotopic (exact) mass is 256 g/mol. The standard InChI is InChI=1S/C7H16N2O4S2/c1-6(7(8)14)15(12,13)9(2-4-10)3-5-11/h6,10-11H,2-5H2,1H3,(H2,8,14). The molecule has 0 heterocycles. The first-order chi connectivity index (χ1) is 6.87. The van der Waals surface area contributed by atoms with E-state index in [1.165, 1.54) is 6.92 Å². The Balaban J connectivity index is 4.85. The summed E-state index contributed by atoms with van der Waals surface area (Å²) in [6.07, 6.45) is 0. The van der Waals surface area contributed by atoms with Crippen LogP contribution in [0, 0.1) is 0 Å². The van der Waals surface area contributed by atoms with E-state index in [0.29, 0.717) is 0 Å². The summed E-state index contributed by atoms with van der Waals surface area (Å²) in [6.45, 7) is 0.595. The Labute approximate surface area is 94.7 Å². The van der Waals surface area contributed by atoms with Crippen molar-refractivity contribution in [3.05, 3.63) is 0 Å². The molecule has 0 aliphatic rings. The molecule has 1 atom stereocenters. The van der Waals surface area contributed by atoms with Gasteiger partial charge in [0, 0.05) is 13.1 Å². The van der Waals surface area contributed by atoms with Gasteiger partial charge >= 0.3 is 0 Å². The third-order valence-corrected chi connectivity index (χ3v) is 4.64. The van der Waals surface area contributed by atoms with Crippen molar-refractivity contribution in [2.75, 3.05) is 26.3 Å². The van der Waals surface area contributed by atoms with Crippen molar-refractivity contribution in [3.63, 3.8) is 0 Å². The Bertz CT molecular complexity index is 298. The lowest BCUT2D eigenvalue weighted by Gasteiger charge is -2.23. The van der Waals surface area contributed by atoms with Crippen LogP contribution in [0.15, 0.2) is 0 Å². The first kappa shape index (κ1) is 14.7. The molecule has 8 heteroatoms. The molecule has 0 aromatic heterocycles. The van der Waals surface area contributed by atoms with Crippen LogP contribution >= 0.6 is 12.2 Å². The summed E-state index contributed by atoms with van der Waals surface area (Å²) < 4.78 is 24.5. The molecule has 0 aliphatic heterocycles. The molecule has 0 aliphatic carbocycles. The minimum absolute atomic E-state index is 0.0736. The van der Waals surface area contributed by atoms with Crippen molar-refractivity contribution < 1.29 is 18.6 Å². The highest BCUT2D eigenvalue weighted by Gasteiger charge is 2.29. The van der Waals surface area contributed by atoms with Gasteiger partial charge in [-0.2, -0.15) is 4.31 Å². The third-order valence-electron chi connectivity index (χ3n) is 1.91. The van der Waals surface area contributed by atoms with E-state index < -0.39 is 15.3 Å². The first-order valence-electron chi connectivity index (χ1n) is 4.38. The van der Waals surface area contributed by atoms with Gasteiger partial charge in [-0.15, -0.1) is 0 Å². The molecule has 0 bridgehead atoms. The van der Waals surface area contributed by atoms with Gasteiger partial charge in [-0.3, -0.25) is 0 Å². The van der Waals surface area contributed by atoms with Crippen LogP contribution in [-0.4, -0.2) is 59.5 Å². The molecule has 0 radical (unpaired) electrons. The quantitative estimate of drug-likeness (QED) is 0.468. The van der Waals surface area contributed by atoms with Crippen LogP contribution in [0.25, 0.3) is 0 Å². The molecule has 15 heavy (non-hydrogen) atoms. The summed E-state index contributed by atoms with van der Waals surface area (Å²) in [5.74, 6) is 0. The predicted octanol–water partition coefficient (Wildman–Crippen LogP) is -1.72. The first-order valence-corrected chi connectivity index (χ1v) is 6.29. The SMILES string of the molecule is CC(C(N)=S)S(=O)(=O)N(CCO)CCO. The summed E-state index contributed by atoms with van der Waals surface area (Å²) in [7, 11) is -3.68. The normalized spacial score (nSPS) is 14.1. The summed E-state index contributed by atoms with van der Waals surface area (Å²) >= 11 is 4.60. The summed E-state index contributed by atoms with van der Waals surface area (Å²) in [5.41, 5.74) is 5.25. The molecular weight excluding hydrogens is 240 g/mol. The fraction of sp³-hybridized carbons (Fsp3) is 0.857. The zero-order valence-corrected chi connectivity index (χ0v) is 10.1. The smallest absolute Gasteiger partial charge is 0.223 e. The average Bonchev–Trinajstić information content (AvgIpc) is 2.16. The Morgan fingerprint density at radius 3 is 2.07 bits per heavy atom. The van der Waals surface area contributed by atoms with Crippen molar-refractivity contribution in [1.29, 1.82) is 0 Å². The van der Waals surface area contributed by atoms with Crippen molar-refractivity contribution in [2.24, 2.45) is 5.73 Å². The van der Waals surface area contributed by atoms with Crippen LogP contribution in [0.2, 0.25) is 0 Å². The third kappa shape index (κ3) is 3.99. The van der Waals surface area contributed by atoms with Crippen molar-refractivity contribution in [1.82, 2.24) is 4.31 Å². The molecule has 0 amide bonds. The second-order valence-electron chi connectivity index (χ2n) is 2.94. The number of nitrogens with two attached hydrogens (primary N) is 1. The second kappa shape index (κ2) is 6.33. The number of nitrogens with zero attached hydrogens (tertiary/aromatic N) is 1. The predicted molar refractivity (Wildman–Crippen MR) is 60.9 cm³/mol. The van der Waals surface area contributed by atoms with Crippen molar-refractivity contribution in [2.45, 2.75) is 12.2 Å². The molecule has 0 aromatic rings. The maximum absolute atomic E-state index is 11.8. The van der Waals surface area contributed by atoms with Crippen LogP contribution in [0.5, 0.6) is 0 Å². The molecule has 90 valence electrons. The fourth-order valence-electron chi connectivity index (χ4n) is 0.960. The average molecular weight is 256 g/mol. The molecule has 0 saturated carbocycles. The number of hydrogen-bond donors (Lipinski definition) is 3. The van der Waals surface area contributed by atoms with E-state index in [2.05, 4.69) is 12.2 Å². The lowest BCUT2D eigenvalue weighted by Crippen LogP contribution is -2.45. The maximum atomic E-state index is 11.8. The van der Waals surface area contributed by atoms with Crippen molar-refractivity contribution in [3.8, 4) is 0 Å². The zero-order chi connectivity index (χ0) is 12.1. The lowest BCUT2D eigenvalue weighted by atomic mass is 10.5. The van der Waals surface area contributed by atoms with Crippen molar-refractivity contribution >= 4 is 27.2 Å². The van der Waals surface area contributed by atoms with E-state index in [1.807, 2.05) is 0 Å².